The summed E-state index contributed by atoms with van der Waals surface area (Å²) in [6.45, 7) is 0.931. The van der Waals surface area contributed by atoms with E-state index in [0.29, 0.717) is 23.8 Å². The van der Waals surface area contributed by atoms with Crippen LogP contribution in [-0.2, 0) is 14.8 Å². The largest absolute Gasteiger partial charge is 0.453 e. The summed E-state index contributed by atoms with van der Waals surface area (Å²) in [6.07, 6.45) is 2.14. The highest BCUT2D eigenvalue weighted by molar-refractivity contribution is 7.89. The third-order valence-corrected chi connectivity index (χ3v) is 7.03. The Bertz CT molecular complexity index is 914. The lowest BCUT2D eigenvalue weighted by atomic mass is 9.95. The molecule has 0 aliphatic carbocycles. The second kappa shape index (κ2) is 8.94. The molecule has 1 unspecified atom stereocenters. The summed E-state index contributed by atoms with van der Waals surface area (Å²) in [4.78, 5) is 11.5. The molecular formula is C20H23ClN2O4S. The van der Waals surface area contributed by atoms with Gasteiger partial charge in [0.1, 0.15) is 0 Å². The fourth-order valence-electron chi connectivity index (χ4n) is 3.36. The number of sulfonamides is 1. The first-order valence-electron chi connectivity index (χ1n) is 9.11. The van der Waals surface area contributed by atoms with Crippen LogP contribution in [0.15, 0.2) is 53.4 Å². The molecule has 1 fully saturated rings. The van der Waals surface area contributed by atoms with Gasteiger partial charge in [-0.05, 0) is 60.7 Å². The van der Waals surface area contributed by atoms with Crippen LogP contribution in [-0.4, -0.2) is 39.0 Å². The number of carbonyl (C=O) groups excluding carboxylic acids is 1. The van der Waals surface area contributed by atoms with E-state index in [4.69, 9.17) is 11.6 Å². The molecule has 1 aliphatic rings. The maximum atomic E-state index is 13.2. The van der Waals surface area contributed by atoms with Gasteiger partial charge < -0.3 is 4.74 Å². The highest BCUT2D eigenvalue weighted by Crippen LogP contribution is 2.30. The van der Waals surface area contributed by atoms with Gasteiger partial charge >= 0.3 is 6.09 Å². The van der Waals surface area contributed by atoms with Crippen LogP contribution in [0.3, 0.4) is 0 Å². The molecule has 1 N–H and O–H groups in total. The van der Waals surface area contributed by atoms with Crippen molar-refractivity contribution in [1.82, 2.24) is 4.31 Å². The lowest BCUT2D eigenvalue weighted by molar-refractivity contribution is 0.187. The molecule has 1 aliphatic heterocycles. The zero-order valence-corrected chi connectivity index (χ0v) is 17.2. The van der Waals surface area contributed by atoms with Crippen LogP contribution in [0.25, 0.3) is 0 Å². The van der Waals surface area contributed by atoms with E-state index in [1.807, 2.05) is 24.3 Å². The number of rotatable bonds is 4. The molecule has 8 heteroatoms. The molecule has 0 saturated carbocycles. The van der Waals surface area contributed by atoms with Gasteiger partial charge in [-0.15, -0.1) is 0 Å². The Balaban J connectivity index is 1.79. The van der Waals surface area contributed by atoms with Crippen molar-refractivity contribution in [2.24, 2.45) is 0 Å². The van der Waals surface area contributed by atoms with Crippen molar-refractivity contribution in [2.45, 2.75) is 30.1 Å². The van der Waals surface area contributed by atoms with Crippen LogP contribution in [0.4, 0.5) is 10.5 Å². The number of benzene rings is 2. The van der Waals surface area contributed by atoms with Gasteiger partial charge in [-0.1, -0.05) is 30.2 Å². The minimum atomic E-state index is -3.62. The number of hydrogen-bond acceptors (Lipinski definition) is 4. The standard InChI is InChI=1S/C20H23ClN2O4S/c1-27-20(24)22-18-9-11-19(12-10-18)28(25,26)23-13-3-2-4-16(14-23)15-5-7-17(21)8-6-15/h5-12,16H,2-4,13-14H2,1H3,(H,22,24). The second-order valence-corrected chi connectivity index (χ2v) is 9.12. The van der Waals surface area contributed by atoms with Gasteiger partial charge in [0.05, 0.1) is 12.0 Å². The first-order valence-corrected chi connectivity index (χ1v) is 10.9. The van der Waals surface area contributed by atoms with Crippen LogP contribution in [0, 0.1) is 0 Å². The number of anilines is 1. The molecular weight excluding hydrogens is 400 g/mol. The molecule has 0 bridgehead atoms. The number of methoxy groups -OCH3 is 1. The van der Waals surface area contributed by atoms with E-state index in [9.17, 15) is 13.2 Å². The Hall–Kier alpha value is -2.09. The number of carbonyl (C=O) groups is 1. The van der Waals surface area contributed by atoms with Gasteiger partial charge in [0.25, 0.3) is 0 Å². The molecule has 6 nitrogen and oxygen atoms in total. The van der Waals surface area contributed by atoms with Crippen LogP contribution in [0.5, 0.6) is 0 Å². The van der Waals surface area contributed by atoms with Crippen LogP contribution in [0.2, 0.25) is 5.02 Å². The zero-order valence-electron chi connectivity index (χ0n) is 15.6. The Morgan fingerprint density at radius 2 is 1.79 bits per heavy atom. The van der Waals surface area contributed by atoms with E-state index in [1.54, 1.807) is 16.4 Å². The summed E-state index contributed by atoms with van der Waals surface area (Å²) in [5.74, 6) is 0.134. The number of hydrogen-bond donors (Lipinski definition) is 1. The predicted octanol–water partition coefficient (Wildman–Crippen LogP) is 4.48. The normalized spacial score (nSPS) is 18.3. The van der Waals surface area contributed by atoms with Crippen molar-refractivity contribution in [3.8, 4) is 0 Å². The van der Waals surface area contributed by atoms with Crippen molar-refractivity contribution < 1.29 is 17.9 Å². The topological polar surface area (TPSA) is 75.7 Å². The Morgan fingerprint density at radius 3 is 2.43 bits per heavy atom. The summed E-state index contributed by atoms with van der Waals surface area (Å²) in [6, 6.07) is 13.7. The first-order chi connectivity index (χ1) is 13.4. The van der Waals surface area contributed by atoms with E-state index < -0.39 is 16.1 Å². The van der Waals surface area contributed by atoms with E-state index >= 15 is 0 Å². The molecule has 0 radical (unpaired) electrons. The van der Waals surface area contributed by atoms with Crippen molar-refractivity contribution in [3.63, 3.8) is 0 Å². The molecule has 0 aromatic heterocycles. The number of amides is 1. The van der Waals surface area contributed by atoms with Crippen molar-refractivity contribution >= 4 is 33.4 Å². The predicted molar refractivity (Wildman–Crippen MR) is 109 cm³/mol. The lowest BCUT2D eigenvalue weighted by Crippen LogP contribution is -2.34. The maximum Gasteiger partial charge on any atom is 0.411 e. The molecule has 1 saturated heterocycles. The number of ether oxygens (including phenoxy) is 1. The molecule has 1 atom stereocenters. The van der Waals surface area contributed by atoms with Crippen molar-refractivity contribution in [3.05, 3.63) is 59.1 Å². The summed E-state index contributed by atoms with van der Waals surface area (Å²) >= 11 is 5.98. The molecule has 28 heavy (non-hydrogen) atoms. The summed E-state index contributed by atoms with van der Waals surface area (Å²) in [5, 5.41) is 3.18. The molecule has 2 aromatic carbocycles. The van der Waals surface area contributed by atoms with Gasteiger partial charge in [-0.3, -0.25) is 5.32 Å². The van der Waals surface area contributed by atoms with Crippen molar-refractivity contribution in [2.75, 3.05) is 25.5 Å². The summed E-state index contributed by atoms with van der Waals surface area (Å²) in [5.41, 5.74) is 1.57. The maximum absolute atomic E-state index is 13.2. The molecule has 1 heterocycles. The third kappa shape index (κ3) is 4.84. The minimum Gasteiger partial charge on any atom is -0.453 e. The summed E-state index contributed by atoms with van der Waals surface area (Å²) in [7, 11) is -2.35. The molecule has 2 aromatic rings. The summed E-state index contributed by atoms with van der Waals surface area (Å²) < 4.78 is 32.4. The van der Waals surface area contributed by atoms with E-state index in [2.05, 4.69) is 10.1 Å². The fourth-order valence-corrected chi connectivity index (χ4v) is 5.01. The van der Waals surface area contributed by atoms with Gasteiger partial charge in [-0.25, -0.2) is 13.2 Å². The average molecular weight is 423 g/mol. The van der Waals surface area contributed by atoms with Gasteiger partial charge in [0.2, 0.25) is 10.0 Å². The highest BCUT2D eigenvalue weighted by Gasteiger charge is 2.29. The van der Waals surface area contributed by atoms with E-state index in [1.165, 1.54) is 19.2 Å². The monoisotopic (exact) mass is 422 g/mol. The van der Waals surface area contributed by atoms with Crippen LogP contribution < -0.4 is 5.32 Å². The van der Waals surface area contributed by atoms with Gasteiger partial charge in [-0.2, -0.15) is 4.31 Å². The van der Waals surface area contributed by atoms with Crippen LogP contribution in [0.1, 0.15) is 30.7 Å². The SMILES string of the molecule is COC(=O)Nc1ccc(S(=O)(=O)N2CCCCC(c3ccc(Cl)cc3)C2)cc1. The van der Waals surface area contributed by atoms with Crippen molar-refractivity contribution in [1.29, 1.82) is 0 Å². The Kier molecular flexibility index (Phi) is 6.59. The molecule has 150 valence electrons. The first kappa shape index (κ1) is 20.6. The Labute approximate surface area is 170 Å². The lowest BCUT2D eigenvalue weighted by Gasteiger charge is -2.24. The van der Waals surface area contributed by atoms with E-state index in [0.717, 1.165) is 24.8 Å². The quantitative estimate of drug-likeness (QED) is 0.788. The van der Waals surface area contributed by atoms with E-state index in [-0.39, 0.29) is 10.8 Å². The number of halogens is 1. The zero-order chi connectivity index (χ0) is 20.1. The molecule has 0 spiro atoms. The minimum absolute atomic E-state index is 0.134. The average Bonchev–Trinajstić information content (AvgIpc) is 2.96. The smallest absolute Gasteiger partial charge is 0.411 e. The number of nitrogens with zero attached hydrogens (tertiary/aromatic N) is 1. The van der Waals surface area contributed by atoms with Crippen LogP contribution >= 0.6 is 11.6 Å². The van der Waals surface area contributed by atoms with Gasteiger partial charge in [0.15, 0.2) is 0 Å². The third-order valence-electron chi connectivity index (χ3n) is 4.90. The van der Waals surface area contributed by atoms with Gasteiger partial charge in [0, 0.05) is 23.8 Å². The highest BCUT2D eigenvalue weighted by atomic mass is 35.5. The molecule has 1 amide bonds. The second-order valence-electron chi connectivity index (χ2n) is 6.75. The number of nitrogens with one attached hydrogen (secondary N) is 1. The fraction of sp³-hybridized carbons (Fsp3) is 0.350. The molecule has 3 rings (SSSR count). The Morgan fingerprint density at radius 1 is 1.11 bits per heavy atom.